The first-order valence-corrected chi connectivity index (χ1v) is 13.7. The largest absolute Gasteiger partial charge is 0.507 e. The minimum absolute atomic E-state index is 0.0346. The second-order valence-corrected chi connectivity index (χ2v) is 9.65. The molecule has 1 N–H and O–H groups in total. The Balaban J connectivity index is 1.72. The van der Waals surface area contributed by atoms with Crippen LogP contribution in [0.2, 0.25) is 0 Å². The van der Waals surface area contributed by atoms with E-state index in [9.17, 15) is 19.1 Å². The Bertz CT molecular complexity index is 1180. The fraction of sp³-hybridized carbons (Fsp3) is 0.467. The number of morpholine rings is 1. The Kier molecular flexibility index (Phi) is 9.95. The Labute approximate surface area is 228 Å². The lowest BCUT2D eigenvalue weighted by Crippen LogP contribution is -2.42. The predicted octanol–water partition coefficient (Wildman–Crippen LogP) is 4.55. The summed E-state index contributed by atoms with van der Waals surface area (Å²) in [5.41, 5.74) is 0.838. The highest BCUT2D eigenvalue weighted by Crippen LogP contribution is 2.42. The number of hydrogen-bond donors (Lipinski definition) is 1. The Morgan fingerprint density at radius 2 is 1.74 bits per heavy atom. The summed E-state index contributed by atoms with van der Waals surface area (Å²) in [6, 6.07) is 9.70. The maximum absolute atomic E-state index is 13.6. The number of benzene rings is 2. The van der Waals surface area contributed by atoms with Crippen molar-refractivity contribution in [3.05, 3.63) is 65.0 Å². The van der Waals surface area contributed by atoms with Crippen LogP contribution in [0.15, 0.2) is 48.0 Å². The molecule has 4 rings (SSSR count). The normalized spacial score (nSPS) is 19.5. The van der Waals surface area contributed by atoms with Crippen molar-refractivity contribution in [3.8, 4) is 11.5 Å². The molecule has 8 nitrogen and oxygen atoms in total. The molecule has 0 spiro atoms. The van der Waals surface area contributed by atoms with E-state index in [0.29, 0.717) is 50.0 Å². The fourth-order valence-corrected chi connectivity index (χ4v) is 4.91. The summed E-state index contributed by atoms with van der Waals surface area (Å²) in [6.45, 7) is 8.50. The molecule has 0 bridgehead atoms. The lowest BCUT2D eigenvalue weighted by atomic mass is 9.95. The van der Waals surface area contributed by atoms with Crippen LogP contribution in [0.25, 0.3) is 5.76 Å². The predicted molar refractivity (Wildman–Crippen MR) is 145 cm³/mol. The molecule has 2 aromatic rings. The third kappa shape index (κ3) is 6.78. The standard InChI is InChI=1S/C30H37FN2O6/c1-3-5-6-17-39-24-12-9-22(20-25(24)38-4-2)27-26(28(34)21-7-10-23(31)11-8-21)29(35)30(36)33(27)14-13-32-15-18-37-19-16-32/h7-12,20,27,34H,3-6,13-19H2,1-2H3/b28-26+. The van der Waals surface area contributed by atoms with Gasteiger partial charge in [-0.3, -0.25) is 14.5 Å². The number of aliphatic hydroxyl groups excluding tert-OH is 1. The van der Waals surface area contributed by atoms with Crippen LogP contribution in [-0.2, 0) is 14.3 Å². The summed E-state index contributed by atoms with van der Waals surface area (Å²) in [6.07, 6.45) is 3.06. The monoisotopic (exact) mass is 540 g/mol. The minimum atomic E-state index is -0.843. The number of amides is 1. The Morgan fingerprint density at radius 3 is 2.44 bits per heavy atom. The van der Waals surface area contributed by atoms with Crippen molar-refractivity contribution in [2.45, 2.75) is 39.2 Å². The zero-order valence-corrected chi connectivity index (χ0v) is 22.7. The molecule has 1 atom stereocenters. The van der Waals surface area contributed by atoms with Gasteiger partial charge in [-0.05, 0) is 55.3 Å². The van der Waals surface area contributed by atoms with Gasteiger partial charge >= 0.3 is 0 Å². The van der Waals surface area contributed by atoms with Crippen molar-refractivity contribution in [2.24, 2.45) is 0 Å². The van der Waals surface area contributed by atoms with Crippen LogP contribution in [0, 0.1) is 5.82 Å². The SMILES string of the molecule is CCCCCOc1ccc(C2/C(=C(\O)c3ccc(F)cc3)C(=O)C(=O)N2CCN2CCOCC2)cc1OCC. The van der Waals surface area contributed by atoms with Crippen molar-refractivity contribution >= 4 is 17.4 Å². The van der Waals surface area contributed by atoms with Crippen LogP contribution in [0.1, 0.15) is 50.3 Å². The summed E-state index contributed by atoms with van der Waals surface area (Å²) in [5, 5.41) is 11.2. The van der Waals surface area contributed by atoms with E-state index in [1.165, 1.54) is 29.2 Å². The molecule has 2 saturated heterocycles. The van der Waals surface area contributed by atoms with E-state index in [4.69, 9.17) is 14.2 Å². The topological polar surface area (TPSA) is 88.5 Å². The summed E-state index contributed by atoms with van der Waals surface area (Å²) in [4.78, 5) is 30.3. The maximum atomic E-state index is 13.6. The van der Waals surface area contributed by atoms with E-state index >= 15 is 0 Å². The quantitative estimate of drug-likeness (QED) is 0.183. The molecule has 0 aromatic heterocycles. The van der Waals surface area contributed by atoms with Crippen LogP contribution in [0.5, 0.6) is 11.5 Å². The molecular weight excluding hydrogens is 503 g/mol. The van der Waals surface area contributed by atoms with Gasteiger partial charge in [-0.2, -0.15) is 0 Å². The minimum Gasteiger partial charge on any atom is -0.507 e. The van der Waals surface area contributed by atoms with Gasteiger partial charge in [0.25, 0.3) is 11.7 Å². The van der Waals surface area contributed by atoms with Gasteiger partial charge in [-0.25, -0.2) is 4.39 Å². The molecule has 2 aliphatic rings. The van der Waals surface area contributed by atoms with Gasteiger partial charge in [0.2, 0.25) is 0 Å². The van der Waals surface area contributed by atoms with E-state index in [-0.39, 0.29) is 23.4 Å². The number of carbonyl (C=O) groups excluding carboxylic acids is 2. The van der Waals surface area contributed by atoms with Crippen molar-refractivity contribution in [1.29, 1.82) is 0 Å². The summed E-state index contributed by atoms with van der Waals surface area (Å²) in [5.74, 6) is -1.18. The average Bonchev–Trinajstić information content (AvgIpc) is 3.20. The summed E-state index contributed by atoms with van der Waals surface area (Å²) >= 11 is 0. The number of hydrogen-bond acceptors (Lipinski definition) is 7. The first-order chi connectivity index (χ1) is 18.9. The van der Waals surface area contributed by atoms with Crippen molar-refractivity contribution in [2.75, 3.05) is 52.6 Å². The van der Waals surface area contributed by atoms with Crippen LogP contribution in [-0.4, -0.2) is 79.2 Å². The van der Waals surface area contributed by atoms with Crippen LogP contribution in [0.3, 0.4) is 0 Å². The molecule has 39 heavy (non-hydrogen) atoms. The number of carbonyl (C=O) groups is 2. The number of halogens is 1. The molecule has 0 radical (unpaired) electrons. The van der Waals surface area contributed by atoms with Crippen LogP contribution < -0.4 is 9.47 Å². The van der Waals surface area contributed by atoms with Gasteiger partial charge < -0.3 is 24.2 Å². The molecule has 2 aromatic carbocycles. The number of likely N-dealkylation sites (tertiary alicyclic amines) is 1. The second kappa shape index (κ2) is 13.6. The third-order valence-electron chi connectivity index (χ3n) is 7.01. The fourth-order valence-electron chi connectivity index (χ4n) is 4.91. The van der Waals surface area contributed by atoms with E-state index in [1.54, 1.807) is 18.2 Å². The number of ketones is 1. The molecule has 2 fully saturated rings. The first kappa shape index (κ1) is 28.6. The van der Waals surface area contributed by atoms with Gasteiger partial charge in [-0.1, -0.05) is 25.8 Å². The molecule has 210 valence electrons. The van der Waals surface area contributed by atoms with E-state index in [2.05, 4.69) is 11.8 Å². The van der Waals surface area contributed by atoms with E-state index < -0.39 is 23.5 Å². The number of ether oxygens (including phenoxy) is 3. The lowest BCUT2D eigenvalue weighted by molar-refractivity contribution is -0.140. The molecule has 9 heteroatoms. The molecule has 0 aliphatic carbocycles. The van der Waals surface area contributed by atoms with Crippen LogP contribution >= 0.6 is 0 Å². The van der Waals surface area contributed by atoms with Crippen molar-refractivity contribution < 1.29 is 33.3 Å². The zero-order chi connectivity index (χ0) is 27.8. The summed E-state index contributed by atoms with van der Waals surface area (Å²) in [7, 11) is 0. The smallest absolute Gasteiger partial charge is 0.295 e. The van der Waals surface area contributed by atoms with E-state index in [0.717, 1.165) is 32.4 Å². The highest BCUT2D eigenvalue weighted by Gasteiger charge is 2.46. The molecule has 1 amide bonds. The van der Waals surface area contributed by atoms with Crippen molar-refractivity contribution in [1.82, 2.24) is 9.80 Å². The number of unbranched alkanes of at least 4 members (excludes halogenated alkanes) is 2. The third-order valence-corrected chi connectivity index (χ3v) is 7.01. The summed E-state index contributed by atoms with van der Waals surface area (Å²) < 4.78 is 30.8. The van der Waals surface area contributed by atoms with Gasteiger partial charge in [0.05, 0.1) is 38.0 Å². The lowest BCUT2D eigenvalue weighted by Gasteiger charge is -2.31. The highest BCUT2D eigenvalue weighted by atomic mass is 19.1. The molecule has 0 saturated carbocycles. The Hall–Kier alpha value is -3.43. The Morgan fingerprint density at radius 1 is 1.00 bits per heavy atom. The van der Waals surface area contributed by atoms with Crippen LogP contribution in [0.4, 0.5) is 4.39 Å². The maximum Gasteiger partial charge on any atom is 0.295 e. The van der Waals surface area contributed by atoms with E-state index in [1.807, 2.05) is 6.92 Å². The number of nitrogens with zero attached hydrogens (tertiary/aromatic N) is 2. The number of aliphatic hydroxyl groups is 1. The van der Waals surface area contributed by atoms with Gasteiger partial charge in [0.1, 0.15) is 11.6 Å². The molecule has 1 unspecified atom stereocenters. The zero-order valence-electron chi connectivity index (χ0n) is 22.7. The highest BCUT2D eigenvalue weighted by molar-refractivity contribution is 6.46. The molecule has 2 heterocycles. The van der Waals surface area contributed by atoms with Gasteiger partial charge in [-0.15, -0.1) is 0 Å². The molecular formula is C30H37FN2O6. The average molecular weight is 541 g/mol. The van der Waals surface area contributed by atoms with Gasteiger partial charge in [0, 0.05) is 31.7 Å². The first-order valence-electron chi connectivity index (χ1n) is 13.7. The number of rotatable bonds is 12. The molecule has 2 aliphatic heterocycles. The van der Waals surface area contributed by atoms with Gasteiger partial charge in [0.15, 0.2) is 11.5 Å². The number of Topliss-reactive ketones (excluding diaryl/α,β-unsaturated/α-hetero) is 1. The second-order valence-electron chi connectivity index (χ2n) is 9.65. The van der Waals surface area contributed by atoms with Crippen molar-refractivity contribution in [3.63, 3.8) is 0 Å².